The van der Waals surface area contributed by atoms with Gasteiger partial charge in [0.25, 0.3) is 0 Å². The minimum atomic E-state index is -4.43. The topological polar surface area (TPSA) is 29.5 Å². The normalized spacial score (nSPS) is 17.5. The monoisotopic (exact) mass is 377 g/mol. The molecule has 1 aliphatic heterocycles. The van der Waals surface area contributed by atoms with Crippen LogP contribution in [0.5, 0.6) is 0 Å². The molecule has 0 radical (unpaired) electrons. The summed E-state index contributed by atoms with van der Waals surface area (Å²) in [5.74, 6) is -0.482. The van der Waals surface area contributed by atoms with Crippen LogP contribution < -0.4 is 0 Å². The third-order valence-electron chi connectivity index (χ3n) is 4.97. The molecule has 0 unspecified atom stereocenters. The van der Waals surface area contributed by atoms with Crippen molar-refractivity contribution in [2.75, 3.05) is 13.1 Å². The summed E-state index contributed by atoms with van der Waals surface area (Å²) >= 11 is 0. The average molecular weight is 377 g/mol. The Balaban J connectivity index is 1.80. The van der Waals surface area contributed by atoms with Gasteiger partial charge in [-0.3, -0.25) is 9.69 Å². The van der Waals surface area contributed by atoms with Crippen LogP contribution in [0, 0.1) is 0 Å². The fourth-order valence-electron chi connectivity index (χ4n) is 3.62. The number of hydrogen-bond donors (Lipinski definition) is 0. The number of esters is 1. The van der Waals surface area contributed by atoms with Crippen molar-refractivity contribution < 1.29 is 22.7 Å². The Morgan fingerprint density at radius 1 is 1.07 bits per heavy atom. The molecule has 0 aliphatic carbocycles. The first-order valence-electron chi connectivity index (χ1n) is 8.92. The Bertz CT molecular complexity index is 782. The molecule has 0 amide bonds. The van der Waals surface area contributed by atoms with Crippen LogP contribution in [0.15, 0.2) is 54.6 Å². The van der Waals surface area contributed by atoms with Crippen LogP contribution in [0.3, 0.4) is 0 Å². The fourth-order valence-corrected chi connectivity index (χ4v) is 3.62. The maximum Gasteiger partial charge on any atom is 0.416 e. The molecule has 1 heterocycles. The summed E-state index contributed by atoms with van der Waals surface area (Å²) in [6.45, 7) is 3.34. The highest BCUT2D eigenvalue weighted by molar-refractivity contribution is 5.67. The molecule has 27 heavy (non-hydrogen) atoms. The molecule has 1 saturated heterocycles. The second-order valence-electron chi connectivity index (χ2n) is 6.93. The zero-order chi connectivity index (χ0) is 19.5. The molecule has 0 spiro atoms. The molecule has 1 fully saturated rings. The van der Waals surface area contributed by atoms with E-state index >= 15 is 0 Å². The fraction of sp³-hybridized carbons (Fsp3) is 0.381. The number of halogens is 3. The summed E-state index contributed by atoms with van der Waals surface area (Å²) in [5.41, 5.74) is -0.151. The lowest BCUT2D eigenvalue weighted by Gasteiger charge is -2.41. The van der Waals surface area contributed by atoms with Crippen molar-refractivity contribution in [1.29, 1.82) is 0 Å². The van der Waals surface area contributed by atoms with Gasteiger partial charge in [-0.25, -0.2) is 0 Å². The van der Waals surface area contributed by atoms with Gasteiger partial charge in [0.2, 0.25) is 0 Å². The summed E-state index contributed by atoms with van der Waals surface area (Å²) < 4.78 is 44.9. The Morgan fingerprint density at radius 3 is 2.33 bits per heavy atom. The van der Waals surface area contributed by atoms with Crippen molar-refractivity contribution in [3.05, 3.63) is 71.3 Å². The van der Waals surface area contributed by atoms with Crippen LogP contribution in [0.4, 0.5) is 13.2 Å². The van der Waals surface area contributed by atoms with Crippen LogP contribution in [-0.4, -0.2) is 24.0 Å². The van der Waals surface area contributed by atoms with Crippen LogP contribution in [0.1, 0.15) is 36.5 Å². The third-order valence-corrected chi connectivity index (χ3v) is 4.97. The second kappa shape index (κ2) is 7.72. The van der Waals surface area contributed by atoms with E-state index < -0.39 is 23.3 Å². The maximum absolute atomic E-state index is 13.1. The predicted octanol–water partition coefficient (Wildman–Crippen LogP) is 4.76. The van der Waals surface area contributed by atoms with E-state index in [4.69, 9.17) is 4.74 Å². The number of alkyl halides is 3. The van der Waals surface area contributed by atoms with Crippen LogP contribution in [0.2, 0.25) is 0 Å². The van der Waals surface area contributed by atoms with Gasteiger partial charge in [-0.1, -0.05) is 42.5 Å². The standard InChI is InChI=1S/C21H22F3NO2/c1-16(26)27-20(18-8-5-9-19(14-18)21(22,23)24)10-12-25(13-11-20)15-17-6-3-2-4-7-17/h2-9,14H,10-13,15H2,1H3. The summed E-state index contributed by atoms with van der Waals surface area (Å²) in [7, 11) is 0. The van der Waals surface area contributed by atoms with Crippen molar-refractivity contribution in [2.45, 2.75) is 38.1 Å². The number of nitrogens with zero attached hydrogens (tertiary/aromatic N) is 1. The molecular weight excluding hydrogens is 355 g/mol. The Kier molecular flexibility index (Phi) is 5.56. The van der Waals surface area contributed by atoms with Crippen LogP contribution in [0.25, 0.3) is 0 Å². The number of benzene rings is 2. The SMILES string of the molecule is CC(=O)OC1(c2cccc(C(F)(F)F)c2)CCN(Cc2ccccc2)CC1. The first kappa shape index (κ1) is 19.4. The molecule has 2 aromatic rings. The number of carbonyl (C=O) groups excluding carboxylic acids is 1. The molecule has 144 valence electrons. The lowest BCUT2D eigenvalue weighted by atomic mass is 9.83. The molecule has 3 nitrogen and oxygen atoms in total. The first-order valence-corrected chi connectivity index (χ1v) is 8.92. The van der Waals surface area contributed by atoms with Crippen molar-refractivity contribution in [1.82, 2.24) is 4.90 Å². The molecule has 1 aliphatic rings. The number of piperidine rings is 1. The average Bonchev–Trinajstić information content (AvgIpc) is 2.63. The summed E-state index contributed by atoms with van der Waals surface area (Å²) in [6.07, 6.45) is -3.51. The highest BCUT2D eigenvalue weighted by atomic mass is 19.4. The predicted molar refractivity (Wildman–Crippen MR) is 95.8 cm³/mol. The van der Waals surface area contributed by atoms with E-state index in [0.29, 0.717) is 31.5 Å². The maximum atomic E-state index is 13.1. The summed E-state index contributed by atoms with van der Waals surface area (Å²) in [6, 6.07) is 15.1. The molecule has 0 bridgehead atoms. The van der Waals surface area contributed by atoms with Crippen molar-refractivity contribution in [3.63, 3.8) is 0 Å². The number of carbonyl (C=O) groups is 1. The van der Waals surface area contributed by atoms with E-state index in [9.17, 15) is 18.0 Å². The first-order chi connectivity index (χ1) is 12.8. The van der Waals surface area contributed by atoms with Gasteiger partial charge in [0.1, 0.15) is 5.60 Å². The molecule has 0 atom stereocenters. The highest BCUT2D eigenvalue weighted by Gasteiger charge is 2.41. The molecule has 3 rings (SSSR count). The van der Waals surface area contributed by atoms with E-state index in [1.165, 1.54) is 18.6 Å². The van der Waals surface area contributed by atoms with Gasteiger partial charge >= 0.3 is 12.1 Å². The third kappa shape index (κ3) is 4.69. The van der Waals surface area contributed by atoms with Gasteiger partial charge < -0.3 is 4.74 Å². The Morgan fingerprint density at radius 2 is 1.74 bits per heavy atom. The Labute approximate surface area is 156 Å². The number of hydrogen-bond acceptors (Lipinski definition) is 3. The zero-order valence-corrected chi connectivity index (χ0v) is 15.1. The lowest BCUT2D eigenvalue weighted by Crippen LogP contribution is -2.44. The van der Waals surface area contributed by atoms with Gasteiger partial charge in [0, 0.05) is 39.4 Å². The van der Waals surface area contributed by atoms with Crippen LogP contribution >= 0.6 is 0 Å². The largest absolute Gasteiger partial charge is 0.454 e. The van der Waals surface area contributed by atoms with E-state index in [2.05, 4.69) is 4.90 Å². The van der Waals surface area contributed by atoms with Gasteiger partial charge in [-0.2, -0.15) is 13.2 Å². The van der Waals surface area contributed by atoms with E-state index in [-0.39, 0.29) is 0 Å². The van der Waals surface area contributed by atoms with Crippen molar-refractivity contribution in [3.8, 4) is 0 Å². The van der Waals surface area contributed by atoms with Gasteiger partial charge in [-0.15, -0.1) is 0 Å². The van der Waals surface area contributed by atoms with E-state index in [0.717, 1.165) is 18.7 Å². The minimum Gasteiger partial charge on any atom is -0.454 e. The molecule has 0 N–H and O–H groups in total. The number of likely N-dealkylation sites (tertiary alicyclic amines) is 1. The van der Waals surface area contributed by atoms with E-state index in [1.54, 1.807) is 6.07 Å². The highest BCUT2D eigenvalue weighted by Crippen LogP contribution is 2.40. The lowest BCUT2D eigenvalue weighted by molar-refractivity contribution is -0.164. The molecule has 0 aromatic heterocycles. The molecule has 2 aromatic carbocycles. The number of rotatable bonds is 4. The Hall–Kier alpha value is -2.34. The molecule has 6 heteroatoms. The summed E-state index contributed by atoms with van der Waals surface area (Å²) in [5, 5.41) is 0. The minimum absolute atomic E-state index is 0.409. The quantitative estimate of drug-likeness (QED) is 0.720. The van der Waals surface area contributed by atoms with Crippen molar-refractivity contribution >= 4 is 5.97 Å². The zero-order valence-electron chi connectivity index (χ0n) is 15.1. The van der Waals surface area contributed by atoms with Gasteiger partial charge in [0.15, 0.2) is 0 Å². The number of ether oxygens (including phenoxy) is 1. The van der Waals surface area contributed by atoms with E-state index in [1.807, 2.05) is 30.3 Å². The van der Waals surface area contributed by atoms with Gasteiger partial charge in [0.05, 0.1) is 5.56 Å². The van der Waals surface area contributed by atoms with Crippen molar-refractivity contribution in [2.24, 2.45) is 0 Å². The molecule has 0 saturated carbocycles. The second-order valence-corrected chi connectivity index (χ2v) is 6.93. The molecular formula is C21H22F3NO2. The van der Waals surface area contributed by atoms with Gasteiger partial charge in [-0.05, 0) is 23.3 Å². The van der Waals surface area contributed by atoms with Crippen LogP contribution in [-0.2, 0) is 27.9 Å². The smallest absolute Gasteiger partial charge is 0.416 e. The summed E-state index contributed by atoms with van der Waals surface area (Å²) in [4.78, 5) is 13.9.